The molecule has 0 saturated carbocycles. The fraction of sp³-hybridized carbons (Fsp3) is 0.417. The van der Waals surface area contributed by atoms with Gasteiger partial charge in [0.25, 0.3) is 6.43 Å². The predicted octanol–water partition coefficient (Wildman–Crippen LogP) is 2.85. The van der Waals surface area contributed by atoms with Crippen molar-refractivity contribution in [2.75, 3.05) is 6.61 Å². The van der Waals surface area contributed by atoms with Gasteiger partial charge < -0.3 is 9.94 Å². The van der Waals surface area contributed by atoms with Crippen LogP contribution in [-0.2, 0) is 6.42 Å². The molecule has 92 valence electrons. The molecule has 1 aliphatic carbocycles. The highest BCUT2D eigenvalue weighted by Gasteiger charge is 2.19. The standard InChI is InChI=1S/C12H13F2NO2/c13-12(14)7-17-11-6-2-3-8-9(11)4-1-5-10(8)15-16/h2-3,6,12,16H,1,4-5,7H2. The normalized spacial score (nSPS) is 17.2. The van der Waals surface area contributed by atoms with Crippen molar-refractivity contribution in [3.05, 3.63) is 29.3 Å². The van der Waals surface area contributed by atoms with Crippen molar-refractivity contribution < 1.29 is 18.7 Å². The van der Waals surface area contributed by atoms with Gasteiger partial charge in [-0.3, -0.25) is 0 Å². The van der Waals surface area contributed by atoms with Gasteiger partial charge in [-0.2, -0.15) is 0 Å². The van der Waals surface area contributed by atoms with Crippen LogP contribution in [0.15, 0.2) is 23.4 Å². The number of nitrogens with zero attached hydrogens (tertiary/aromatic N) is 1. The van der Waals surface area contributed by atoms with Crippen molar-refractivity contribution in [1.29, 1.82) is 0 Å². The summed E-state index contributed by atoms with van der Waals surface area (Å²) in [5, 5.41) is 12.1. The maximum absolute atomic E-state index is 12.1. The summed E-state index contributed by atoms with van der Waals surface area (Å²) in [5.41, 5.74) is 2.24. The average Bonchev–Trinajstić information content (AvgIpc) is 2.35. The third kappa shape index (κ3) is 2.54. The quantitative estimate of drug-likeness (QED) is 0.653. The molecule has 0 heterocycles. The minimum atomic E-state index is -2.49. The number of oxime groups is 1. The van der Waals surface area contributed by atoms with Crippen molar-refractivity contribution in [3.8, 4) is 5.75 Å². The van der Waals surface area contributed by atoms with Crippen LogP contribution in [0.1, 0.15) is 24.0 Å². The molecule has 17 heavy (non-hydrogen) atoms. The number of rotatable bonds is 3. The topological polar surface area (TPSA) is 41.8 Å². The number of hydrogen-bond donors (Lipinski definition) is 1. The van der Waals surface area contributed by atoms with Gasteiger partial charge in [-0.1, -0.05) is 17.3 Å². The van der Waals surface area contributed by atoms with Gasteiger partial charge in [0.05, 0.1) is 5.71 Å². The maximum atomic E-state index is 12.1. The Kier molecular flexibility index (Phi) is 3.56. The molecule has 1 aliphatic rings. The zero-order valence-corrected chi connectivity index (χ0v) is 9.20. The molecule has 1 aromatic carbocycles. The van der Waals surface area contributed by atoms with E-state index >= 15 is 0 Å². The van der Waals surface area contributed by atoms with Crippen molar-refractivity contribution in [1.82, 2.24) is 0 Å². The lowest BCUT2D eigenvalue weighted by Gasteiger charge is -2.20. The van der Waals surface area contributed by atoms with Crippen LogP contribution >= 0.6 is 0 Å². The third-order valence-electron chi connectivity index (χ3n) is 2.77. The molecule has 1 N–H and O–H groups in total. The smallest absolute Gasteiger partial charge is 0.272 e. The number of halogens is 2. The summed E-state index contributed by atoms with van der Waals surface area (Å²) in [6.45, 7) is -0.609. The van der Waals surface area contributed by atoms with Gasteiger partial charge in [0.15, 0.2) is 0 Å². The number of hydrogen-bond acceptors (Lipinski definition) is 3. The molecular formula is C12H13F2NO2. The van der Waals surface area contributed by atoms with Crippen LogP contribution in [0.2, 0.25) is 0 Å². The van der Waals surface area contributed by atoms with Gasteiger partial charge in [0.1, 0.15) is 12.4 Å². The van der Waals surface area contributed by atoms with E-state index in [1.165, 1.54) is 0 Å². The lowest BCUT2D eigenvalue weighted by Crippen LogP contribution is -2.15. The Morgan fingerprint density at radius 3 is 2.88 bits per heavy atom. The van der Waals surface area contributed by atoms with Crippen molar-refractivity contribution in [3.63, 3.8) is 0 Å². The van der Waals surface area contributed by atoms with E-state index in [2.05, 4.69) is 5.16 Å². The van der Waals surface area contributed by atoms with Crippen LogP contribution in [0.3, 0.4) is 0 Å². The summed E-state index contributed by atoms with van der Waals surface area (Å²) in [6.07, 6.45) is -0.197. The minimum absolute atomic E-state index is 0.462. The molecule has 2 rings (SSSR count). The Bertz CT molecular complexity index is 433. The first-order chi connectivity index (χ1) is 8.22. The van der Waals surface area contributed by atoms with E-state index in [-0.39, 0.29) is 0 Å². The Balaban J connectivity index is 2.29. The second-order valence-corrected chi connectivity index (χ2v) is 3.88. The summed E-state index contributed by atoms with van der Waals surface area (Å²) < 4.78 is 29.3. The summed E-state index contributed by atoms with van der Waals surface area (Å²) in [4.78, 5) is 0. The number of alkyl halides is 2. The largest absolute Gasteiger partial charge is 0.487 e. The van der Waals surface area contributed by atoms with Crippen LogP contribution in [-0.4, -0.2) is 24.0 Å². The molecule has 0 aliphatic heterocycles. The number of ether oxygens (including phenoxy) is 1. The van der Waals surface area contributed by atoms with Crippen LogP contribution in [0.25, 0.3) is 0 Å². The Hall–Kier alpha value is -1.65. The maximum Gasteiger partial charge on any atom is 0.272 e. The lowest BCUT2D eigenvalue weighted by atomic mass is 9.89. The van der Waals surface area contributed by atoms with E-state index in [1.54, 1.807) is 12.1 Å². The summed E-state index contributed by atoms with van der Waals surface area (Å²) >= 11 is 0. The van der Waals surface area contributed by atoms with Gasteiger partial charge in [-0.05, 0) is 25.3 Å². The molecule has 1 aromatic rings. The van der Waals surface area contributed by atoms with Gasteiger partial charge in [0.2, 0.25) is 0 Å². The van der Waals surface area contributed by atoms with Crippen molar-refractivity contribution in [2.45, 2.75) is 25.7 Å². The van der Waals surface area contributed by atoms with Crippen LogP contribution in [0.4, 0.5) is 8.78 Å². The summed E-state index contributed by atoms with van der Waals surface area (Å²) in [7, 11) is 0. The summed E-state index contributed by atoms with van der Waals surface area (Å²) in [6, 6.07) is 5.20. The molecule has 3 nitrogen and oxygen atoms in total. The Morgan fingerprint density at radius 2 is 2.18 bits per heavy atom. The molecule has 0 atom stereocenters. The highest BCUT2D eigenvalue weighted by atomic mass is 19.3. The van der Waals surface area contributed by atoms with Gasteiger partial charge in [0, 0.05) is 11.1 Å². The molecule has 0 amide bonds. The second-order valence-electron chi connectivity index (χ2n) is 3.88. The van der Waals surface area contributed by atoms with E-state index in [4.69, 9.17) is 9.94 Å². The lowest BCUT2D eigenvalue weighted by molar-refractivity contribution is 0.0814. The molecule has 0 bridgehead atoms. The van der Waals surface area contributed by atoms with E-state index in [1.807, 2.05) is 6.07 Å². The average molecular weight is 241 g/mol. The number of benzene rings is 1. The third-order valence-corrected chi connectivity index (χ3v) is 2.77. The first-order valence-corrected chi connectivity index (χ1v) is 5.46. The molecule has 5 heteroatoms. The first kappa shape index (κ1) is 11.8. The van der Waals surface area contributed by atoms with Gasteiger partial charge in [-0.15, -0.1) is 0 Å². The highest BCUT2D eigenvalue weighted by molar-refractivity contribution is 6.02. The molecular weight excluding hydrogens is 228 g/mol. The first-order valence-electron chi connectivity index (χ1n) is 5.46. The number of fused-ring (bicyclic) bond motifs is 1. The zero-order chi connectivity index (χ0) is 12.3. The van der Waals surface area contributed by atoms with E-state index in [9.17, 15) is 8.78 Å². The SMILES string of the molecule is ON=C1CCCc2c(OCC(F)F)cccc21. The zero-order valence-electron chi connectivity index (χ0n) is 9.20. The monoisotopic (exact) mass is 241 g/mol. The fourth-order valence-corrected chi connectivity index (χ4v) is 2.05. The molecule has 0 saturated heterocycles. The predicted molar refractivity (Wildman–Crippen MR) is 59.2 cm³/mol. The second kappa shape index (κ2) is 5.12. The molecule has 0 spiro atoms. The van der Waals surface area contributed by atoms with Crippen LogP contribution < -0.4 is 4.74 Å². The molecule has 0 unspecified atom stereocenters. The van der Waals surface area contributed by atoms with E-state index < -0.39 is 13.0 Å². The van der Waals surface area contributed by atoms with Gasteiger partial charge >= 0.3 is 0 Å². The Morgan fingerprint density at radius 1 is 1.35 bits per heavy atom. The van der Waals surface area contributed by atoms with Crippen LogP contribution in [0, 0.1) is 0 Å². The van der Waals surface area contributed by atoms with Crippen molar-refractivity contribution in [2.24, 2.45) is 5.16 Å². The molecule has 0 fully saturated rings. The van der Waals surface area contributed by atoms with E-state index in [0.717, 1.165) is 24.0 Å². The summed E-state index contributed by atoms with van der Waals surface area (Å²) in [5.74, 6) is 0.462. The molecule has 0 aromatic heterocycles. The minimum Gasteiger partial charge on any atom is -0.487 e. The fourth-order valence-electron chi connectivity index (χ4n) is 2.05. The highest BCUT2D eigenvalue weighted by Crippen LogP contribution is 2.30. The van der Waals surface area contributed by atoms with E-state index in [0.29, 0.717) is 17.9 Å². The van der Waals surface area contributed by atoms with Crippen LogP contribution in [0.5, 0.6) is 5.75 Å². The molecule has 0 radical (unpaired) electrons. The van der Waals surface area contributed by atoms with Crippen molar-refractivity contribution >= 4 is 5.71 Å². The Labute approximate surface area is 97.7 Å². The van der Waals surface area contributed by atoms with Gasteiger partial charge in [-0.25, -0.2) is 8.78 Å².